The van der Waals surface area contributed by atoms with Gasteiger partial charge in [0.2, 0.25) is 0 Å². The fourth-order valence-corrected chi connectivity index (χ4v) is 2.31. The summed E-state index contributed by atoms with van der Waals surface area (Å²) in [4.78, 5) is 0. The van der Waals surface area contributed by atoms with Crippen molar-refractivity contribution >= 4 is 15.9 Å². The van der Waals surface area contributed by atoms with E-state index in [1.165, 1.54) is 5.56 Å². The molecule has 0 spiro atoms. The summed E-state index contributed by atoms with van der Waals surface area (Å²) in [7, 11) is 0. The van der Waals surface area contributed by atoms with E-state index in [0.717, 1.165) is 22.0 Å². The van der Waals surface area contributed by atoms with Crippen LogP contribution in [-0.4, -0.2) is 5.11 Å². The molecule has 0 bridgehead atoms. The molecule has 16 heavy (non-hydrogen) atoms. The summed E-state index contributed by atoms with van der Waals surface area (Å²) in [6.45, 7) is 10.5. The Balaban J connectivity index is 3.00. The summed E-state index contributed by atoms with van der Waals surface area (Å²) in [5.41, 5.74) is 3.52. The van der Waals surface area contributed by atoms with Crippen LogP contribution in [-0.2, 0) is 0 Å². The first-order valence-corrected chi connectivity index (χ1v) is 6.45. The van der Waals surface area contributed by atoms with Crippen molar-refractivity contribution in [1.29, 1.82) is 0 Å². The standard InChI is InChI=1S/C14H21BrO/c1-9-7-12(15)10(2)6-11(9)13(16)8-14(3,4)5/h6-7,13,16H,8H2,1-5H3. The SMILES string of the molecule is Cc1cc(C(O)CC(C)(C)C)c(C)cc1Br. The van der Waals surface area contributed by atoms with E-state index in [4.69, 9.17) is 0 Å². The van der Waals surface area contributed by atoms with Crippen molar-refractivity contribution in [3.63, 3.8) is 0 Å². The minimum Gasteiger partial charge on any atom is -0.388 e. The Morgan fingerprint density at radius 3 is 2.25 bits per heavy atom. The smallest absolute Gasteiger partial charge is 0.0797 e. The Morgan fingerprint density at radius 1 is 1.19 bits per heavy atom. The molecule has 0 saturated heterocycles. The topological polar surface area (TPSA) is 20.2 Å². The van der Waals surface area contributed by atoms with E-state index in [0.29, 0.717) is 0 Å². The van der Waals surface area contributed by atoms with Crippen molar-refractivity contribution in [3.8, 4) is 0 Å². The summed E-state index contributed by atoms with van der Waals surface area (Å²) in [6.07, 6.45) is 0.418. The van der Waals surface area contributed by atoms with Crippen molar-refractivity contribution in [3.05, 3.63) is 33.3 Å². The molecule has 0 aliphatic rings. The Morgan fingerprint density at radius 2 is 1.75 bits per heavy atom. The number of aliphatic hydroxyl groups is 1. The Hall–Kier alpha value is -0.340. The summed E-state index contributed by atoms with van der Waals surface area (Å²) in [5, 5.41) is 10.2. The Kier molecular flexibility index (Phi) is 4.19. The highest BCUT2D eigenvalue weighted by molar-refractivity contribution is 9.10. The van der Waals surface area contributed by atoms with Gasteiger partial charge in [0.15, 0.2) is 0 Å². The van der Waals surface area contributed by atoms with Gasteiger partial charge in [0, 0.05) is 4.47 Å². The van der Waals surface area contributed by atoms with E-state index in [2.05, 4.69) is 55.8 Å². The second-order valence-corrected chi connectivity index (χ2v) is 6.59. The normalized spacial score (nSPS) is 13.9. The van der Waals surface area contributed by atoms with Crippen LogP contribution in [0.15, 0.2) is 16.6 Å². The molecule has 0 aromatic heterocycles. The molecular formula is C14H21BrO. The third-order valence-electron chi connectivity index (χ3n) is 2.71. The fourth-order valence-electron chi connectivity index (χ4n) is 1.85. The lowest BCUT2D eigenvalue weighted by molar-refractivity contribution is 0.121. The maximum Gasteiger partial charge on any atom is 0.0797 e. The van der Waals surface area contributed by atoms with Gasteiger partial charge in [-0.15, -0.1) is 0 Å². The Labute approximate surface area is 107 Å². The van der Waals surface area contributed by atoms with Gasteiger partial charge in [-0.05, 0) is 48.4 Å². The molecule has 0 radical (unpaired) electrons. The second kappa shape index (κ2) is 4.89. The van der Waals surface area contributed by atoms with Crippen LogP contribution in [0.25, 0.3) is 0 Å². The summed E-state index contributed by atoms with van der Waals surface area (Å²) in [6, 6.07) is 4.16. The molecule has 1 rings (SSSR count). The molecule has 1 nitrogen and oxygen atoms in total. The monoisotopic (exact) mass is 284 g/mol. The zero-order valence-electron chi connectivity index (χ0n) is 10.8. The highest BCUT2D eigenvalue weighted by Crippen LogP contribution is 2.32. The third-order valence-corrected chi connectivity index (χ3v) is 3.57. The molecule has 1 aromatic rings. The highest BCUT2D eigenvalue weighted by atomic mass is 79.9. The highest BCUT2D eigenvalue weighted by Gasteiger charge is 2.19. The molecule has 1 atom stereocenters. The average Bonchev–Trinajstić information content (AvgIpc) is 2.08. The van der Waals surface area contributed by atoms with Gasteiger partial charge in [-0.3, -0.25) is 0 Å². The van der Waals surface area contributed by atoms with Crippen molar-refractivity contribution in [2.45, 2.75) is 47.1 Å². The van der Waals surface area contributed by atoms with Crippen LogP contribution >= 0.6 is 15.9 Å². The lowest BCUT2D eigenvalue weighted by atomic mass is 9.85. The minimum absolute atomic E-state index is 0.146. The van der Waals surface area contributed by atoms with Gasteiger partial charge < -0.3 is 5.11 Å². The maximum atomic E-state index is 10.2. The van der Waals surface area contributed by atoms with Gasteiger partial charge in [-0.25, -0.2) is 0 Å². The molecule has 0 amide bonds. The summed E-state index contributed by atoms with van der Waals surface area (Å²) >= 11 is 3.51. The van der Waals surface area contributed by atoms with E-state index in [9.17, 15) is 5.11 Å². The van der Waals surface area contributed by atoms with Gasteiger partial charge in [0.05, 0.1) is 6.10 Å². The molecule has 1 aromatic carbocycles. The van der Waals surface area contributed by atoms with Gasteiger partial charge in [-0.1, -0.05) is 42.8 Å². The van der Waals surface area contributed by atoms with E-state index in [1.807, 2.05) is 6.92 Å². The third kappa shape index (κ3) is 3.60. The summed E-state index contributed by atoms with van der Waals surface area (Å²) < 4.78 is 1.11. The molecule has 0 aliphatic heterocycles. The Bertz CT molecular complexity index is 377. The second-order valence-electron chi connectivity index (χ2n) is 5.74. The zero-order chi connectivity index (χ0) is 12.5. The van der Waals surface area contributed by atoms with Crippen LogP contribution in [0.1, 0.15) is 50.0 Å². The molecule has 0 saturated carbocycles. The maximum absolute atomic E-state index is 10.2. The lowest BCUT2D eigenvalue weighted by Crippen LogP contribution is -2.12. The number of hydrogen-bond donors (Lipinski definition) is 1. The molecule has 0 fully saturated rings. The molecule has 0 heterocycles. The van der Waals surface area contributed by atoms with E-state index < -0.39 is 0 Å². The number of benzene rings is 1. The molecule has 1 unspecified atom stereocenters. The number of hydrogen-bond acceptors (Lipinski definition) is 1. The van der Waals surface area contributed by atoms with Crippen LogP contribution in [0.3, 0.4) is 0 Å². The molecule has 0 aliphatic carbocycles. The lowest BCUT2D eigenvalue weighted by Gasteiger charge is -2.24. The molecular weight excluding hydrogens is 264 g/mol. The first-order valence-electron chi connectivity index (χ1n) is 5.65. The van der Waals surface area contributed by atoms with E-state index >= 15 is 0 Å². The quantitative estimate of drug-likeness (QED) is 0.846. The number of aryl methyl sites for hydroxylation is 2. The average molecular weight is 285 g/mol. The first-order chi connectivity index (χ1) is 7.20. The predicted molar refractivity (Wildman–Crippen MR) is 72.6 cm³/mol. The van der Waals surface area contributed by atoms with E-state index in [-0.39, 0.29) is 11.5 Å². The van der Waals surface area contributed by atoms with Gasteiger partial charge >= 0.3 is 0 Å². The minimum atomic E-state index is -0.369. The molecule has 1 N–H and O–H groups in total. The van der Waals surface area contributed by atoms with Crippen molar-refractivity contribution in [2.24, 2.45) is 5.41 Å². The van der Waals surface area contributed by atoms with Crippen LogP contribution < -0.4 is 0 Å². The number of halogens is 1. The predicted octanol–water partition coefficient (Wildman–Crippen LogP) is 4.54. The van der Waals surface area contributed by atoms with Crippen LogP contribution in [0.5, 0.6) is 0 Å². The largest absolute Gasteiger partial charge is 0.388 e. The van der Waals surface area contributed by atoms with Crippen LogP contribution in [0.2, 0.25) is 0 Å². The van der Waals surface area contributed by atoms with Crippen LogP contribution in [0.4, 0.5) is 0 Å². The molecule has 90 valence electrons. The van der Waals surface area contributed by atoms with Gasteiger partial charge in [0.25, 0.3) is 0 Å². The number of rotatable bonds is 2. The first kappa shape index (κ1) is 13.7. The van der Waals surface area contributed by atoms with Crippen molar-refractivity contribution in [2.75, 3.05) is 0 Å². The summed E-state index contributed by atoms with van der Waals surface area (Å²) in [5.74, 6) is 0. The van der Waals surface area contributed by atoms with Crippen molar-refractivity contribution in [1.82, 2.24) is 0 Å². The van der Waals surface area contributed by atoms with Crippen molar-refractivity contribution < 1.29 is 5.11 Å². The fraction of sp³-hybridized carbons (Fsp3) is 0.571. The van der Waals surface area contributed by atoms with Gasteiger partial charge in [-0.2, -0.15) is 0 Å². The van der Waals surface area contributed by atoms with Gasteiger partial charge in [0.1, 0.15) is 0 Å². The number of aliphatic hydroxyl groups excluding tert-OH is 1. The van der Waals surface area contributed by atoms with E-state index in [1.54, 1.807) is 0 Å². The van der Waals surface area contributed by atoms with Crippen LogP contribution in [0, 0.1) is 19.3 Å². The molecule has 2 heteroatoms. The zero-order valence-corrected chi connectivity index (χ0v) is 12.4.